The summed E-state index contributed by atoms with van der Waals surface area (Å²) in [6, 6.07) is 8.80. The van der Waals surface area contributed by atoms with Gasteiger partial charge in [-0.2, -0.15) is 0 Å². The van der Waals surface area contributed by atoms with Crippen LogP contribution in [0.5, 0.6) is 11.5 Å². The molecule has 0 bridgehead atoms. The Labute approximate surface area is 145 Å². The van der Waals surface area contributed by atoms with Gasteiger partial charge < -0.3 is 25.2 Å². The third-order valence-corrected chi connectivity index (χ3v) is 3.67. The maximum atomic E-state index is 13.2. The van der Waals surface area contributed by atoms with Crippen LogP contribution >= 0.6 is 0 Å². The maximum Gasteiger partial charge on any atom is 0.319 e. The Bertz CT molecular complexity index is 752. The fourth-order valence-electron chi connectivity index (χ4n) is 2.30. The largest absolute Gasteiger partial charge is 0.497 e. The standard InChI is InChI=1S/C18H21FN2O4/c1-11-8-12(4-6-15(11)19)21-18(23)20-10-16(22)14-9-13(24-2)5-7-17(14)25-3/h4-9,16,22H,10H2,1-3H3,(H2,20,21,23). The third-order valence-electron chi connectivity index (χ3n) is 3.67. The van der Waals surface area contributed by atoms with E-state index in [0.29, 0.717) is 28.3 Å². The number of aryl methyl sites for hydroxylation is 1. The summed E-state index contributed by atoms with van der Waals surface area (Å²) in [6.07, 6.45) is -0.981. The summed E-state index contributed by atoms with van der Waals surface area (Å²) in [4.78, 5) is 11.9. The normalized spacial score (nSPS) is 11.6. The molecule has 0 heterocycles. The molecule has 1 unspecified atom stereocenters. The Morgan fingerprint density at radius 1 is 1.20 bits per heavy atom. The number of halogens is 1. The van der Waals surface area contributed by atoms with Crippen LogP contribution in [0.15, 0.2) is 36.4 Å². The molecule has 0 saturated heterocycles. The fourth-order valence-corrected chi connectivity index (χ4v) is 2.30. The van der Waals surface area contributed by atoms with Gasteiger partial charge in [0.2, 0.25) is 0 Å². The second kappa shape index (κ2) is 8.34. The Kier molecular flexibility index (Phi) is 6.19. The van der Waals surface area contributed by atoms with Gasteiger partial charge >= 0.3 is 6.03 Å². The van der Waals surface area contributed by atoms with Gasteiger partial charge in [-0.1, -0.05) is 0 Å². The first-order valence-corrected chi connectivity index (χ1v) is 7.65. The summed E-state index contributed by atoms with van der Waals surface area (Å²) >= 11 is 0. The number of aliphatic hydroxyl groups is 1. The minimum atomic E-state index is -0.981. The van der Waals surface area contributed by atoms with Crippen LogP contribution in [-0.4, -0.2) is 31.9 Å². The molecule has 0 fully saturated rings. The van der Waals surface area contributed by atoms with Crippen LogP contribution in [0.2, 0.25) is 0 Å². The lowest BCUT2D eigenvalue weighted by atomic mass is 10.1. The first-order valence-electron chi connectivity index (χ1n) is 7.65. The molecule has 0 aliphatic rings. The lowest BCUT2D eigenvalue weighted by Crippen LogP contribution is -2.32. The van der Waals surface area contributed by atoms with E-state index in [4.69, 9.17) is 9.47 Å². The SMILES string of the molecule is COc1ccc(OC)c(C(O)CNC(=O)Nc2ccc(F)c(C)c2)c1. The molecular weight excluding hydrogens is 327 g/mol. The summed E-state index contributed by atoms with van der Waals surface area (Å²) in [5.41, 5.74) is 1.39. The molecule has 25 heavy (non-hydrogen) atoms. The summed E-state index contributed by atoms with van der Waals surface area (Å²) in [5, 5.41) is 15.5. The number of amides is 2. The van der Waals surface area contributed by atoms with Gasteiger partial charge in [0, 0.05) is 17.8 Å². The van der Waals surface area contributed by atoms with Gasteiger partial charge in [0.05, 0.1) is 14.2 Å². The van der Waals surface area contributed by atoms with Crippen molar-refractivity contribution < 1.29 is 23.8 Å². The van der Waals surface area contributed by atoms with E-state index in [0.717, 1.165) is 0 Å². The number of carbonyl (C=O) groups is 1. The number of nitrogens with one attached hydrogen (secondary N) is 2. The molecule has 0 aliphatic carbocycles. The van der Waals surface area contributed by atoms with Crippen LogP contribution in [0.25, 0.3) is 0 Å². The Hall–Kier alpha value is -2.80. The van der Waals surface area contributed by atoms with Crippen LogP contribution in [0, 0.1) is 12.7 Å². The van der Waals surface area contributed by atoms with Gasteiger partial charge in [0.25, 0.3) is 0 Å². The number of hydrogen-bond donors (Lipinski definition) is 3. The van der Waals surface area contributed by atoms with Crippen LogP contribution in [0.1, 0.15) is 17.2 Å². The van der Waals surface area contributed by atoms with E-state index in [1.807, 2.05) is 0 Å². The second-order valence-electron chi connectivity index (χ2n) is 5.42. The summed E-state index contributed by atoms with van der Waals surface area (Å²) < 4.78 is 23.6. The zero-order valence-electron chi connectivity index (χ0n) is 14.3. The molecule has 0 radical (unpaired) electrons. The zero-order chi connectivity index (χ0) is 18.4. The van der Waals surface area contributed by atoms with Crippen molar-refractivity contribution in [3.63, 3.8) is 0 Å². The predicted molar refractivity (Wildman–Crippen MR) is 92.7 cm³/mol. The van der Waals surface area contributed by atoms with Crippen molar-refractivity contribution in [2.24, 2.45) is 0 Å². The van der Waals surface area contributed by atoms with E-state index < -0.39 is 12.1 Å². The number of benzene rings is 2. The van der Waals surface area contributed by atoms with Crippen LogP contribution in [-0.2, 0) is 0 Å². The monoisotopic (exact) mass is 348 g/mol. The van der Waals surface area contributed by atoms with Crippen LogP contribution in [0.3, 0.4) is 0 Å². The molecule has 1 atom stereocenters. The molecule has 2 rings (SSSR count). The van der Waals surface area contributed by atoms with Gasteiger partial charge in [-0.25, -0.2) is 9.18 Å². The highest BCUT2D eigenvalue weighted by Crippen LogP contribution is 2.29. The van der Waals surface area contributed by atoms with Crippen molar-refractivity contribution in [2.45, 2.75) is 13.0 Å². The van der Waals surface area contributed by atoms with Crippen molar-refractivity contribution in [1.82, 2.24) is 5.32 Å². The smallest absolute Gasteiger partial charge is 0.319 e. The highest BCUT2D eigenvalue weighted by molar-refractivity contribution is 5.89. The molecule has 134 valence electrons. The van der Waals surface area contributed by atoms with Gasteiger partial charge in [0.15, 0.2) is 0 Å². The van der Waals surface area contributed by atoms with Gasteiger partial charge in [-0.15, -0.1) is 0 Å². The molecule has 0 saturated carbocycles. The first kappa shape index (κ1) is 18.5. The zero-order valence-corrected chi connectivity index (χ0v) is 14.3. The molecule has 2 aromatic carbocycles. The van der Waals surface area contributed by atoms with E-state index in [9.17, 15) is 14.3 Å². The number of carbonyl (C=O) groups excluding carboxylic acids is 1. The minimum absolute atomic E-state index is 0.0322. The molecule has 3 N–H and O–H groups in total. The Balaban J connectivity index is 1.98. The molecule has 2 aromatic rings. The topological polar surface area (TPSA) is 79.8 Å². The highest BCUT2D eigenvalue weighted by Gasteiger charge is 2.16. The highest BCUT2D eigenvalue weighted by atomic mass is 19.1. The lowest BCUT2D eigenvalue weighted by Gasteiger charge is -2.17. The quantitative estimate of drug-likeness (QED) is 0.750. The average molecular weight is 348 g/mol. The molecule has 2 amide bonds. The molecular formula is C18H21FN2O4. The first-order chi connectivity index (χ1) is 11.9. The number of ether oxygens (including phenoxy) is 2. The summed E-state index contributed by atoms with van der Waals surface area (Å²) in [5.74, 6) is 0.720. The average Bonchev–Trinajstić information content (AvgIpc) is 2.62. The van der Waals surface area contributed by atoms with Crippen LogP contribution in [0.4, 0.5) is 14.9 Å². The van der Waals surface area contributed by atoms with E-state index in [1.165, 1.54) is 32.4 Å². The molecule has 0 spiro atoms. The lowest BCUT2D eigenvalue weighted by molar-refractivity contribution is 0.170. The third kappa shape index (κ3) is 4.84. The van der Waals surface area contributed by atoms with Gasteiger partial charge in [0.1, 0.15) is 23.4 Å². The van der Waals surface area contributed by atoms with Gasteiger partial charge in [-0.3, -0.25) is 0 Å². The van der Waals surface area contributed by atoms with Crippen molar-refractivity contribution in [1.29, 1.82) is 0 Å². The number of aliphatic hydroxyl groups excluding tert-OH is 1. The molecule has 7 heteroatoms. The number of hydrogen-bond acceptors (Lipinski definition) is 4. The van der Waals surface area contributed by atoms with Crippen molar-refractivity contribution in [3.05, 3.63) is 53.3 Å². The molecule has 6 nitrogen and oxygen atoms in total. The number of rotatable bonds is 6. The van der Waals surface area contributed by atoms with Crippen molar-refractivity contribution in [3.8, 4) is 11.5 Å². The minimum Gasteiger partial charge on any atom is -0.497 e. The second-order valence-corrected chi connectivity index (χ2v) is 5.42. The predicted octanol–water partition coefficient (Wildman–Crippen LogP) is 3.01. The fraction of sp³-hybridized carbons (Fsp3) is 0.278. The Morgan fingerprint density at radius 2 is 1.96 bits per heavy atom. The number of anilines is 1. The molecule has 0 aliphatic heterocycles. The molecule has 0 aromatic heterocycles. The van der Waals surface area contributed by atoms with E-state index >= 15 is 0 Å². The van der Waals surface area contributed by atoms with Crippen LogP contribution < -0.4 is 20.1 Å². The van der Waals surface area contributed by atoms with E-state index in [-0.39, 0.29) is 12.4 Å². The number of methoxy groups -OCH3 is 2. The van der Waals surface area contributed by atoms with Gasteiger partial charge in [-0.05, 0) is 48.9 Å². The van der Waals surface area contributed by atoms with Crippen molar-refractivity contribution in [2.75, 3.05) is 26.1 Å². The summed E-state index contributed by atoms with van der Waals surface area (Å²) in [7, 11) is 3.02. The summed E-state index contributed by atoms with van der Waals surface area (Å²) in [6.45, 7) is 1.58. The Morgan fingerprint density at radius 3 is 2.60 bits per heavy atom. The maximum absolute atomic E-state index is 13.2. The number of urea groups is 1. The van der Waals surface area contributed by atoms with E-state index in [1.54, 1.807) is 25.1 Å². The van der Waals surface area contributed by atoms with Crippen molar-refractivity contribution >= 4 is 11.7 Å². The van der Waals surface area contributed by atoms with E-state index in [2.05, 4.69) is 10.6 Å².